The van der Waals surface area contributed by atoms with Crippen molar-refractivity contribution in [3.05, 3.63) is 59.6 Å². The molecule has 0 spiro atoms. The van der Waals surface area contributed by atoms with Gasteiger partial charge in [0.25, 0.3) is 0 Å². The van der Waals surface area contributed by atoms with Crippen LogP contribution in [0.4, 0.5) is 0 Å². The number of amides is 1. The van der Waals surface area contributed by atoms with Crippen molar-refractivity contribution in [1.82, 2.24) is 14.6 Å². The number of nitrogens with zero attached hydrogens (tertiary/aromatic N) is 2. The smallest absolute Gasteiger partial charge is 0.240 e. The number of likely N-dealkylation sites (tertiary alicyclic amines) is 1. The second-order valence-electron chi connectivity index (χ2n) is 6.73. The van der Waals surface area contributed by atoms with E-state index < -0.39 is 10.0 Å². The summed E-state index contributed by atoms with van der Waals surface area (Å²) in [6.07, 6.45) is 1.96. The number of rotatable bonds is 6. The number of fused-ring (bicyclic) bond motifs is 1. The zero-order chi connectivity index (χ0) is 19.6. The maximum Gasteiger partial charge on any atom is 0.240 e. The molecule has 1 fully saturated rings. The summed E-state index contributed by atoms with van der Waals surface area (Å²) in [5, 5.41) is 0.955. The monoisotopic (exact) mass is 415 g/mol. The highest BCUT2D eigenvalue weighted by atomic mass is 32.2. The van der Waals surface area contributed by atoms with E-state index in [2.05, 4.69) is 4.72 Å². The van der Waals surface area contributed by atoms with E-state index in [1.807, 2.05) is 29.2 Å². The van der Waals surface area contributed by atoms with Crippen LogP contribution in [0.1, 0.15) is 30.3 Å². The lowest BCUT2D eigenvalue weighted by Crippen LogP contribution is -2.34. The highest BCUT2D eigenvalue weighted by Gasteiger charge is 2.32. The molecule has 0 saturated carbocycles. The molecule has 1 aliphatic heterocycles. The maximum atomic E-state index is 12.7. The van der Waals surface area contributed by atoms with E-state index in [1.165, 1.54) is 12.1 Å². The molecule has 8 heteroatoms. The minimum atomic E-state index is -3.59. The minimum absolute atomic E-state index is 0.0179. The molecule has 6 nitrogen and oxygen atoms in total. The van der Waals surface area contributed by atoms with Crippen molar-refractivity contribution in [2.45, 2.75) is 30.2 Å². The Bertz CT molecular complexity index is 1050. The molecule has 1 atom stereocenters. The van der Waals surface area contributed by atoms with E-state index in [4.69, 9.17) is 4.98 Å². The molecular formula is C20H21N3O3S2. The highest BCUT2D eigenvalue weighted by Crippen LogP contribution is 2.36. The van der Waals surface area contributed by atoms with Gasteiger partial charge in [-0.1, -0.05) is 30.3 Å². The number of para-hydroxylation sites is 1. The first kappa shape index (κ1) is 19.0. The molecule has 1 N–H and O–H groups in total. The zero-order valence-electron chi connectivity index (χ0n) is 15.2. The number of nitrogens with one attached hydrogen (secondary N) is 1. The fraction of sp³-hybridized carbons (Fsp3) is 0.300. The van der Waals surface area contributed by atoms with E-state index in [1.54, 1.807) is 29.5 Å². The third kappa shape index (κ3) is 3.94. The second kappa shape index (κ2) is 7.98. The largest absolute Gasteiger partial charge is 0.333 e. The SMILES string of the molecule is O=C(CCNS(=O)(=O)c1ccccc1)N1CCC[C@H]1c1nc2ccccc2s1. The molecule has 1 aromatic heterocycles. The Balaban J connectivity index is 1.40. The second-order valence-corrected chi connectivity index (χ2v) is 9.55. The van der Waals surface area contributed by atoms with Gasteiger partial charge in [-0.25, -0.2) is 18.1 Å². The van der Waals surface area contributed by atoms with Gasteiger partial charge in [0.15, 0.2) is 0 Å². The van der Waals surface area contributed by atoms with Crippen LogP contribution in [-0.2, 0) is 14.8 Å². The molecule has 2 aromatic carbocycles. The third-order valence-electron chi connectivity index (χ3n) is 4.85. The predicted octanol–water partition coefficient (Wildman–Crippen LogP) is 3.33. The lowest BCUT2D eigenvalue weighted by Gasteiger charge is -2.23. The summed E-state index contributed by atoms with van der Waals surface area (Å²) < 4.78 is 28.2. The lowest BCUT2D eigenvalue weighted by molar-refractivity contribution is -0.131. The van der Waals surface area contributed by atoms with Crippen LogP contribution in [0.5, 0.6) is 0 Å². The third-order valence-corrected chi connectivity index (χ3v) is 7.47. The van der Waals surface area contributed by atoms with Gasteiger partial charge < -0.3 is 4.90 Å². The van der Waals surface area contributed by atoms with Gasteiger partial charge in [-0.2, -0.15) is 0 Å². The van der Waals surface area contributed by atoms with Crippen molar-refractivity contribution >= 4 is 37.5 Å². The number of aromatic nitrogens is 1. The van der Waals surface area contributed by atoms with Gasteiger partial charge >= 0.3 is 0 Å². The van der Waals surface area contributed by atoms with Crippen LogP contribution >= 0.6 is 11.3 Å². The van der Waals surface area contributed by atoms with Crippen LogP contribution < -0.4 is 4.72 Å². The summed E-state index contributed by atoms with van der Waals surface area (Å²) in [7, 11) is -3.59. The Labute approximate surface area is 168 Å². The summed E-state index contributed by atoms with van der Waals surface area (Å²) >= 11 is 1.62. The van der Waals surface area contributed by atoms with E-state index in [-0.39, 0.29) is 29.8 Å². The molecule has 28 heavy (non-hydrogen) atoms. The molecule has 0 radical (unpaired) electrons. The first-order valence-electron chi connectivity index (χ1n) is 9.24. The summed E-state index contributed by atoms with van der Waals surface area (Å²) in [5.41, 5.74) is 0.956. The van der Waals surface area contributed by atoms with E-state index in [9.17, 15) is 13.2 Å². The summed E-state index contributed by atoms with van der Waals surface area (Å²) in [4.78, 5) is 19.5. The average molecular weight is 416 g/mol. The first-order valence-corrected chi connectivity index (χ1v) is 11.5. The van der Waals surface area contributed by atoms with Crippen molar-refractivity contribution in [1.29, 1.82) is 0 Å². The van der Waals surface area contributed by atoms with Gasteiger partial charge in [-0.15, -0.1) is 11.3 Å². The zero-order valence-corrected chi connectivity index (χ0v) is 16.9. The number of benzene rings is 2. The van der Waals surface area contributed by atoms with Crippen molar-refractivity contribution < 1.29 is 13.2 Å². The molecule has 1 amide bonds. The molecule has 0 aliphatic carbocycles. The van der Waals surface area contributed by atoms with Gasteiger partial charge in [-0.05, 0) is 37.1 Å². The predicted molar refractivity (Wildman–Crippen MR) is 110 cm³/mol. The van der Waals surface area contributed by atoms with Gasteiger partial charge in [0, 0.05) is 19.5 Å². The number of carbonyl (C=O) groups excluding carboxylic acids is 1. The maximum absolute atomic E-state index is 12.7. The van der Waals surface area contributed by atoms with Crippen LogP contribution in [-0.4, -0.2) is 37.3 Å². The van der Waals surface area contributed by atoms with E-state index in [0.717, 1.165) is 28.1 Å². The Hall–Kier alpha value is -2.29. The molecule has 4 rings (SSSR count). The van der Waals surface area contributed by atoms with Crippen molar-refractivity contribution in [2.24, 2.45) is 0 Å². The number of hydrogen-bond donors (Lipinski definition) is 1. The topological polar surface area (TPSA) is 79.4 Å². The highest BCUT2D eigenvalue weighted by molar-refractivity contribution is 7.89. The van der Waals surface area contributed by atoms with Crippen LogP contribution in [0.2, 0.25) is 0 Å². The summed E-state index contributed by atoms with van der Waals surface area (Å²) in [5.74, 6) is -0.0440. The van der Waals surface area contributed by atoms with E-state index in [0.29, 0.717) is 6.54 Å². The van der Waals surface area contributed by atoms with Gasteiger partial charge in [0.2, 0.25) is 15.9 Å². The molecule has 0 bridgehead atoms. The quantitative estimate of drug-likeness (QED) is 0.670. The van der Waals surface area contributed by atoms with Crippen LogP contribution in [0.3, 0.4) is 0 Å². The molecule has 1 saturated heterocycles. The first-order chi connectivity index (χ1) is 13.5. The van der Waals surface area contributed by atoms with Crippen LogP contribution in [0, 0.1) is 0 Å². The average Bonchev–Trinajstić information content (AvgIpc) is 3.35. The fourth-order valence-electron chi connectivity index (χ4n) is 3.47. The van der Waals surface area contributed by atoms with Crippen molar-refractivity contribution in [2.75, 3.05) is 13.1 Å². The Morgan fingerprint density at radius 1 is 1.14 bits per heavy atom. The number of carbonyl (C=O) groups is 1. The molecular weight excluding hydrogens is 394 g/mol. The summed E-state index contributed by atoms with van der Waals surface area (Å²) in [6.45, 7) is 0.768. The van der Waals surface area contributed by atoms with Gasteiger partial charge in [0.05, 0.1) is 21.2 Å². The number of thiazole rings is 1. The van der Waals surface area contributed by atoms with Crippen molar-refractivity contribution in [3.63, 3.8) is 0 Å². The number of sulfonamides is 1. The molecule has 2 heterocycles. The minimum Gasteiger partial charge on any atom is -0.333 e. The summed E-state index contributed by atoms with van der Waals surface area (Å²) in [6, 6.07) is 16.1. The Kier molecular flexibility index (Phi) is 5.43. The molecule has 146 valence electrons. The fourth-order valence-corrected chi connectivity index (χ4v) is 5.64. The van der Waals surface area contributed by atoms with Crippen LogP contribution in [0.25, 0.3) is 10.2 Å². The lowest BCUT2D eigenvalue weighted by atomic mass is 10.2. The normalized spacial score (nSPS) is 17.3. The number of hydrogen-bond acceptors (Lipinski definition) is 5. The van der Waals surface area contributed by atoms with Crippen LogP contribution in [0.15, 0.2) is 59.5 Å². The molecule has 0 unspecified atom stereocenters. The standard InChI is InChI=1S/C20H21N3O3S2/c24-19(12-13-21-28(25,26)15-7-2-1-3-8-15)23-14-6-10-17(23)20-22-16-9-4-5-11-18(16)27-20/h1-5,7-9,11,17,21H,6,10,12-14H2/t17-/m0/s1. The Morgan fingerprint density at radius 3 is 2.68 bits per heavy atom. The van der Waals surface area contributed by atoms with Gasteiger partial charge in [0.1, 0.15) is 5.01 Å². The van der Waals surface area contributed by atoms with E-state index >= 15 is 0 Å². The van der Waals surface area contributed by atoms with Crippen molar-refractivity contribution in [3.8, 4) is 0 Å². The Morgan fingerprint density at radius 2 is 1.89 bits per heavy atom. The molecule has 3 aromatic rings. The van der Waals surface area contributed by atoms with Gasteiger partial charge in [-0.3, -0.25) is 4.79 Å². The molecule has 1 aliphatic rings.